The first-order chi connectivity index (χ1) is 19.7. The molecule has 242 valence electrons. The van der Waals surface area contributed by atoms with E-state index in [0.29, 0.717) is 0 Å². The van der Waals surface area contributed by atoms with Crippen molar-refractivity contribution in [3.05, 3.63) is 18.1 Å². The van der Waals surface area contributed by atoms with E-state index in [1.807, 2.05) is 0 Å². The molecule has 0 saturated carbocycles. The standard InChI is InChI=1S/C19H37N5O14P4/c1-14(39(25,29-2)30-3)22-15(13-21-18(20)42(28,35-8)36-9)37-10-11-38-19-23-16(40(26,31-4)32-5)12-17(24-19)41(27,33-6)34-7/h12-13,26,40H,10-11H2,1-9H3,(H2,20,21)/b15-13+,22-14+. The van der Waals surface area contributed by atoms with E-state index in [0.717, 1.165) is 54.9 Å². The van der Waals surface area contributed by atoms with E-state index in [1.54, 1.807) is 0 Å². The molecular weight excluding hydrogens is 646 g/mol. The van der Waals surface area contributed by atoms with Crippen molar-refractivity contribution >= 4 is 52.6 Å². The Balaban J connectivity index is 3.30. The Morgan fingerprint density at radius 2 is 1.48 bits per heavy atom. The Morgan fingerprint density at radius 1 is 0.929 bits per heavy atom. The summed E-state index contributed by atoms with van der Waals surface area (Å²) in [6.45, 7) is 0.820. The van der Waals surface area contributed by atoms with Crippen molar-refractivity contribution in [2.24, 2.45) is 4.99 Å². The maximum atomic E-state index is 13.0. The summed E-state index contributed by atoms with van der Waals surface area (Å²) in [7, 11) is -6.45. The molecule has 0 spiro atoms. The molecule has 0 saturated heterocycles. The molecule has 1 aromatic rings. The second kappa shape index (κ2) is 17.0. The van der Waals surface area contributed by atoms with Crippen molar-refractivity contribution < 1.29 is 64.3 Å². The van der Waals surface area contributed by atoms with Crippen LogP contribution < -0.4 is 20.9 Å². The average Bonchev–Trinajstić information content (AvgIpc) is 3.03. The molecule has 1 rings (SSSR count). The summed E-state index contributed by atoms with van der Waals surface area (Å²) in [4.78, 5) is 22.9. The number of nitrogens with one attached hydrogen (secondary N) is 2. The van der Waals surface area contributed by atoms with E-state index >= 15 is 0 Å². The number of hydrogen-bond acceptors (Lipinski definition) is 18. The van der Waals surface area contributed by atoms with Crippen LogP contribution in [0.15, 0.2) is 23.1 Å². The molecule has 0 fully saturated rings. The number of amidine groups is 1. The van der Waals surface area contributed by atoms with E-state index in [-0.39, 0.29) is 41.4 Å². The van der Waals surface area contributed by atoms with Gasteiger partial charge in [-0.3, -0.25) is 4.57 Å². The number of nitrogens with zero attached hydrogens (tertiary/aromatic N) is 3. The third-order valence-corrected chi connectivity index (χ3v) is 12.4. The van der Waals surface area contributed by atoms with Crippen LogP contribution in [-0.2, 0) is 54.6 Å². The van der Waals surface area contributed by atoms with Crippen molar-refractivity contribution in [2.75, 3.05) is 70.1 Å². The Morgan fingerprint density at radius 3 is 1.95 bits per heavy atom. The summed E-state index contributed by atoms with van der Waals surface area (Å²) in [5.41, 5.74) is -1.16. The molecule has 3 N–H and O–H groups in total. The fourth-order valence-corrected chi connectivity index (χ4v) is 6.65. The van der Waals surface area contributed by atoms with Gasteiger partial charge in [-0.1, -0.05) is 0 Å². The molecule has 19 nitrogen and oxygen atoms in total. The van der Waals surface area contributed by atoms with Crippen molar-refractivity contribution in [3.8, 4) is 6.01 Å². The van der Waals surface area contributed by atoms with E-state index in [9.17, 15) is 18.6 Å². The zero-order valence-corrected chi connectivity index (χ0v) is 28.2. The molecule has 0 bridgehead atoms. The average molecular weight is 683 g/mol. The van der Waals surface area contributed by atoms with Crippen LogP contribution in [0.1, 0.15) is 6.92 Å². The van der Waals surface area contributed by atoms with Gasteiger partial charge in [0.2, 0.25) is 0 Å². The summed E-state index contributed by atoms with van der Waals surface area (Å²) in [6, 6.07) is 0.785. The summed E-state index contributed by atoms with van der Waals surface area (Å²) < 4.78 is 88.6. The normalized spacial score (nSPS) is 14.0. The molecule has 1 heterocycles. The quantitative estimate of drug-likeness (QED) is 0.0622. The fourth-order valence-electron chi connectivity index (χ4n) is 2.74. The summed E-state index contributed by atoms with van der Waals surface area (Å²) in [6.07, 6.45) is 1.03. The van der Waals surface area contributed by atoms with Crippen LogP contribution in [0.25, 0.3) is 0 Å². The Labute approximate surface area is 243 Å². The van der Waals surface area contributed by atoms with Crippen LogP contribution >= 0.6 is 30.7 Å². The minimum absolute atomic E-state index is 0.117. The van der Waals surface area contributed by atoms with Gasteiger partial charge in [0, 0.05) is 28.4 Å². The van der Waals surface area contributed by atoms with Gasteiger partial charge in [-0.2, -0.15) is 0 Å². The van der Waals surface area contributed by atoms with E-state index in [4.69, 9.17) is 51.1 Å². The number of aromatic nitrogens is 2. The molecule has 0 atom stereocenters. The second-order valence-corrected chi connectivity index (χ2v) is 16.5. The van der Waals surface area contributed by atoms with Crippen LogP contribution in [0, 0.1) is 5.41 Å². The molecule has 0 amide bonds. The van der Waals surface area contributed by atoms with Crippen LogP contribution in [0.4, 0.5) is 0 Å². The molecule has 42 heavy (non-hydrogen) atoms. The number of aliphatic imine (C=N–C) groups is 1. The van der Waals surface area contributed by atoms with Crippen molar-refractivity contribution in [2.45, 2.75) is 6.92 Å². The van der Waals surface area contributed by atoms with Gasteiger partial charge in [0.05, 0.1) is 0 Å². The van der Waals surface area contributed by atoms with Crippen molar-refractivity contribution in [3.63, 3.8) is 0 Å². The van der Waals surface area contributed by atoms with E-state index in [2.05, 4.69) is 20.3 Å². The van der Waals surface area contributed by atoms with Gasteiger partial charge in [0.1, 0.15) is 0 Å². The zero-order valence-electron chi connectivity index (χ0n) is 24.5. The molecule has 0 radical (unpaired) electrons. The number of hydrogen-bond donors (Lipinski definition) is 3. The van der Waals surface area contributed by atoms with Gasteiger partial charge in [-0.05, 0) is 0 Å². The predicted molar refractivity (Wildman–Crippen MR) is 154 cm³/mol. The molecule has 0 aromatic carbocycles. The molecule has 23 heteroatoms. The van der Waals surface area contributed by atoms with Crippen LogP contribution in [-0.4, -0.2) is 96.0 Å². The molecule has 0 aliphatic rings. The SMILES string of the molecule is COP(=O)(OC)C(=N)N/C=C(\N=C(/C)P(=O)(OC)OC)OCCOc1nc(P(=O)(OC)OC)cc([PH](O)(OC)OC)n1. The summed E-state index contributed by atoms with van der Waals surface area (Å²) in [5.74, 6) is -0.270. The number of rotatable bonds is 19. The van der Waals surface area contributed by atoms with Gasteiger partial charge < -0.3 is 9.05 Å². The predicted octanol–water partition coefficient (Wildman–Crippen LogP) is 2.10. The second-order valence-electron chi connectivity index (χ2n) is 7.30. The third kappa shape index (κ3) is 9.66. The maximum absolute atomic E-state index is 13.0. The first-order valence-electron chi connectivity index (χ1n) is 11.4. The van der Waals surface area contributed by atoms with Gasteiger partial charge in [-0.15, -0.1) is 0 Å². The molecule has 0 aliphatic carbocycles. The molecule has 0 unspecified atom stereocenters. The van der Waals surface area contributed by atoms with Crippen LogP contribution in [0.3, 0.4) is 0 Å². The number of ether oxygens (including phenoxy) is 2. The Bertz CT molecular complexity index is 1250. The minimum atomic E-state index is -4.04. The first kappa shape index (κ1) is 38.3. The van der Waals surface area contributed by atoms with Gasteiger partial charge in [0.25, 0.3) is 0 Å². The van der Waals surface area contributed by atoms with Gasteiger partial charge >= 0.3 is 202 Å². The van der Waals surface area contributed by atoms with E-state index in [1.165, 1.54) is 21.1 Å². The zero-order chi connectivity index (χ0) is 32.2. The molecular formula is C19H37N5O14P4. The first-order valence-corrected chi connectivity index (χ1v) is 17.8. The fraction of sp³-hybridized carbons (Fsp3) is 0.579. The third-order valence-electron chi connectivity index (χ3n) is 5.13. The summed E-state index contributed by atoms with van der Waals surface area (Å²) in [5, 5.41) is 10.3. The Kier molecular flexibility index (Phi) is 15.5. The van der Waals surface area contributed by atoms with Crippen LogP contribution in [0.5, 0.6) is 6.01 Å². The Hall–Kier alpha value is -1.68. The van der Waals surface area contributed by atoms with Crippen molar-refractivity contribution in [1.29, 1.82) is 5.41 Å². The van der Waals surface area contributed by atoms with E-state index < -0.39 is 36.3 Å². The topological polar surface area (TPSA) is 238 Å². The monoisotopic (exact) mass is 683 g/mol. The molecule has 1 aromatic heterocycles. The molecule has 0 aliphatic heterocycles. The van der Waals surface area contributed by atoms with Crippen LogP contribution in [0.2, 0.25) is 0 Å². The van der Waals surface area contributed by atoms with Gasteiger partial charge in [0.15, 0.2) is 0 Å². The van der Waals surface area contributed by atoms with Gasteiger partial charge in [-0.25, -0.2) is 0 Å². The summed E-state index contributed by atoms with van der Waals surface area (Å²) >= 11 is 0. The van der Waals surface area contributed by atoms with Crippen molar-refractivity contribution in [1.82, 2.24) is 15.3 Å².